The van der Waals surface area contributed by atoms with Gasteiger partial charge in [0.2, 0.25) is 0 Å². The van der Waals surface area contributed by atoms with Crippen molar-refractivity contribution in [3.05, 3.63) is 124 Å². The summed E-state index contributed by atoms with van der Waals surface area (Å²) < 4.78 is 2.81. The van der Waals surface area contributed by atoms with Gasteiger partial charge in [0.1, 0.15) is 0 Å². The van der Waals surface area contributed by atoms with Crippen LogP contribution in [-0.2, 0) is 27.1 Å². The van der Waals surface area contributed by atoms with E-state index in [1.54, 1.807) is 0 Å². The molecular formula is C51H55BN2S. The number of fused-ring (bicyclic) bond motifs is 8. The predicted molar refractivity (Wildman–Crippen MR) is 241 cm³/mol. The van der Waals surface area contributed by atoms with E-state index in [9.17, 15) is 0 Å². The van der Waals surface area contributed by atoms with E-state index in [2.05, 4.69) is 184 Å². The Kier molecular flexibility index (Phi) is 7.01. The quantitative estimate of drug-likeness (QED) is 0.163. The molecule has 2 nitrogen and oxygen atoms in total. The molecule has 0 saturated heterocycles. The zero-order valence-corrected chi connectivity index (χ0v) is 35.8. The van der Waals surface area contributed by atoms with Crippen LogP contribution >= 0.6 is 11.3 Å². The fraction of sp³-hybridized carbons (Fsp3) is 0.373. The van der Waals surface area contributed by atoms with Gasteiger partial charge in [-0.1, -0.05) is 118 Å². The lowest BCUT2D eigenvalue weighted by Gasteiger charge is -2.44. The van der Waals surface area contributed by atoms with Crippen molar-refractivity contribution in [2.45, 2.75) is 123 Å². The van der Waals surface area contributed by atoms with Crippen LogP contribution in [0.3, 0.4) is 0 Å². The van der Waals surface area contributed by atoms with Crippen LogP contribution in [0.25, 0.3) is 10.1 Å². The molecule has 0 spiro atoms. The van der Waals surface area contributed by atoms with Gasteiger partial charge in [-0.2, -0.15) is 0 Å². The van der Waals surface area contributed by atoms with Crippen LogP contribution in [0.4, 0.5) is 34.1 Å². The standard InChI is InChI=1S/C51H55BN2S/c1-30-16-19-32(20-17-30)54-41-15-13-14-40-44(41)52(46-45(54)34-24-31(47(2,3)4)18-23-43(34)55-46)39-26-37-38(51(11,12)29-50(37,9)10)27-42(39)53(40)33-21-22-35-36(25-33)49(7,8)28-48(35,5)6/h13-27H,28-29H2,1-12H3. The highest BCUT2D eigenvalue weighted by Crippen LogP contribution is 2.55. The molecule has 0 atom stereocenters. The maximum Gasteiger partial charge on any atom is 0.264 e. The summed E-state index contributed by atoms with van der Waals surface area (Å²) in [5.41, 5.74) is 19.8. The average molecular weight is 739 g/mol. The van der Waals surface area contributed by atoms with Gasteiger partial charge < -0.3 is 9.80 Å². The Bertz CT molecular complexity index is 2610. The lowest BCUT2D eigenvalue weighted by molar-refractivity contribution is 0.403. The minimum absolute atomic E-state index is 0.0496. The normalized spacial score (nSPS) is 19.2. The first-order valence-electron chi connectivity index (χ1n) is 20.5. The Morgan fingerprint density at radius 1 is 0.582 bits per heavy atom. The molecule has 5 aromatic carbocycles. The van der Waals surface area contributed by atoms with E-state index in [-0.39, 0.29) is 33.8 Å². The topological polar surface area (TPSA) is 6.48 Å². The monoisotopic (exact) mass is 738 g/mol. The molecule has 278 valence electrons. The molecule has 0 bridgehead atoms. The number of hydrogen-bond acceptors (Lipinski definition) is 3. The van der Waals surface area contributed by atoms with Crippen molar-refractivity contribution in [2.24, 2.45) is 0 Å². The predicted octanol–water partition coefficient (Wildman–Crippen LogP) is 12.5. The molecule has 0 amide bonds. The fourth-order valence-electron chi connectivity index (χ4n) is 11.7. The first-order valence-corrected chi connectivity index (χ1v) is 21.3. The fourth-order valence-corrected chi connectivity index (χ4v) is 13.0. The average Bonchev–Trinajstić information content (AvgIpc) is 3.63. The maximum atomic E-state index is 2.66. The molecule has 4 heteroatoms. The van der Waals surface area contributed by atoms with Crippen molar-refractivity contribution >= 4 is 78.0 Å². The third-order valence-electron chi connectivity index (χ3n) is 13.8. The van der Waals surface area contributed by atoms with Crippen molar-refractivity contribution in [1.82, 2.24) is 0 Å². The van der Waals surface area contributed by atoms with E-state index in [0.29, 0.717) is 0 Å². The molecule has 6 aromatic rings. The van der Waals surface area contributed by atoms with E-state index in [0.717, 1.165) is 12.8 Å². The second-order valence-electron chi connectivity index (χ2n) is 21.0. The SMILES string of the molecule is Cc1ccc(N2c3cccc4c3B(c3cc5c(cc3N4c3ccc4c(c3)C(C)(C)CC4(C)C)C(C)(C)CC5(C)C)c3sc4ccc(C(C)(C)C)cc4c32)cc1. The highest BCUT2D eigenvalue weighted by molar-refractivity contribution is 7.33. The lowest BCUT2D eigenvalue weighted by Crippen LogP contribution is -2.60. The van der Waals surface area contributed by atoms with Crippen molar-refractivity contribution in [3.63, 3.8) is 0 Å². The van der Waals surface area contributed by atoms with Gasteiger partial charge >= 0.3 is 0 Å². The molecule has 0 fully saturated rings. The van der Waals surface area contributed by atoms with Crippen molar-refractivity contribution in [3.8, 4) is 0 Å². The molecule has 10 rings (SSSR count). The third kappa shape index (κ3) is 4.92. The van der Waals surface area contributed by atoms with Gasteiger partial charge in [-0.05, 0) is 140 Å². The summed E-state index contributed by atoms with van der Waals surface area (Å²) in [4.78, 5) is 5.25. The summed E-state index contributed by atoms with van der Waals surface area (Å²) in [5.74, 6) is 0. The molecule has 2 aliphatic carbocycles. The van der Waals surface area contributed by atoms with Crippen LogP contribution in [0.15, 0.2) is 91.0 Å². The molecule has 0 N–H and O–H groups in total. The summed E-state index contributed by atoms with van der Waals surface area (Å²) in [5, 5.41) is 1.36. The Morgan fingerprint density at radius 3 is 1.82 bits per heavy atom. The molecule has 2 aliphatic heterocycles. The van der Waals surface area contributed by atoms with Crippen LogP contribution in [0.1, 0.15) is 122 Å². The smallest absolute Gasteiger partial charge is 0.264 e. The number of nitrogens with zero attached hydrogens (tertiary/aromatic N) is 2. The van der Waals surface area contributed by atoms with Gasteiger partial charge in [-0.3, -0.25) is 0 Å². The van der Waals surface area contributed by atoms with Gasteiger partial charge in [0, 0.05) is 43.3 Å². The summed E-state index contributed by atoms with van der Waals surface area (Å²) in [6.07, 6.45) is 2.31. The number of thiophene rings is 1. The molecular weight excluding hydrogens is 683 g/mol. The molecule has 0 radical (unpaired) electrons. The molecule has 3 heterocycles. The molecule has 55 heavy (non-hydrogen) atoms. The first-order chi connectivity index (χ1) is 25.8. The minimum Gasteiger partial charge on any atom is -0.311 e. The van der Waals surface area contributed by atoms with Crippen molar-refractivity contribution < 1.29 is 0 Å². The van der Waals surface area contributed by atoms with Crippen molar-refractivity contribution in [2.75, 3.05) is 9.80 Å². The number of aryl methyl sites for hydroxylation is 1. The van der Waals surface area contributed by atoms with E-state index < -0.39 is 0 Å². The van der Waals surface area contributed by atoms with Gasteiger partial charge in [0.15, 0.2) is 0 Å². The number of hydrogen-bond donors (Lipinski definition) is 0. The highest BCUT2D eigenvalue weighted by Gasteiger charge is 2.49. The maximum absolute atomic E-state index is 2.66. The Morgan fingerprint density at radius 2 is 1.16 bits per heavy atom. The van der Waals surface area contributed by atoms with Crippen LogP contribution in [0.2, 0.25) is 0 Å². The van der Waals surface area contributed by atoms with Gasteiger partial charge in [0.05, 0.1) is 5.69 Å². The third-order valence-corrected chi connectivity index (χ3v) is 15.1. The van der Waals surface area contributed by atoms with Crippen LogP contribution in [0, 0.1) is 6.92 Å². The Hall–Kier alpha value is -4.28. The van der Waals surface area contributed by atoms with Crippen LogP contribution < -0.4 is 25.5 Å². The van der Waals surface area contributed by atoms with Gasteiger partial charge in [0.25, 0.3) is 6.71 Å². The van der Waals surface area contributed by atoms with Crippen LogP contribution in [0.5, 0.6) is 0 Å². The lowest BCUT2D eigenvalue weighted by atomic mass is 9.36. The number of benzene rings is 5. The molecule has 0 saturated carbocycles. The van der Waals surface area contributed by atoms with E-state index in [1.807, 2.05) is 11.3 Å². The van der Waals surface area contributed by atoms with E-state index in [1.165, 1.54) is 93.3 Å². The molecule has 4 aliphatic rings. The number of rotatable bonds is 2. The molecule has 1 aromatic heterocycles. The Balaban J connectivity index is 1.32. The zero-order valence-electron chi connectivity index (χ0n) is 35.0. The zero-order chi connectivity index (χ0) is 38.8. The second kappa shape index (κ2) is 11.0. The van der Waals surface area contributed by atoms with E-state index >= 15 is 0 Å². The summed E-state index contributed by atoms with van der Waals surface area (Å²) >= 11 is 2.01. The van der Waals surface area contributed by atoms with Crippen molar-refractivity contribution in [1.29, 1.82) is 0 Å². The highest BCUT2D eigenvalue weighted by atomic mass is 32.1. The van der Waals surface area contributed by atoms with Gasteiger partial charge in [-0.15, -0.1) is 11.3 Å². The summed E-state index contributed by atoms with van der Waals surface area (Å²) in [6.45, 7) is 28.9. The first kappa shape index (κ1) is 35.2. The summed E-state index contributed by atoms with van der Waals surface area (Å²) in [7, 11) is 0. The molecule has 0 unspecified atom stereocenters. The van der Waals surface area contributed by atoms with Crippen LogP contribution in [-0.4, -0.2) is 6.71 Å². The summed E-state index contributed by atoms with van der Waals surface area (Å²) in [6, 6.07) is 36.3. The largest absolute Gasteiger partial charge is 0.311 e. The van der Waals surface area contributed by atoms with E-state index in [4.69, 9.17) is 0 Å². The second-order valence-corrected chi connectivity index (χ2v) is 22.1. The number of anilines is 6. The Labute approximate surface area is 333 Å². The van der Waals surface area contributed by atoms with Gasteiger partial charge in [-0.25, -0.2) is 0 Å². The minimum atomic E-state index is 0.0496.